The highest BCUT2D eigenvalue weighted by Crippen LogP contribution is 2.08. The van der Waals surface area contributed by atoms with Gasteiger partial charge in [-0.3, -0.25) is 9.59 Å². The van der Waals surface area contributed by atoms with E-state index in [1.54, 1.807) is 7.05 Å². The summed E-state index contributed by atoms with van der Waals surface area (Å²) in [7, 11) is 1.58. The minimum atomic E-state index is -0.894. The van der Waals surface area contributed by atoms with E-state index in [9.17, 15) is 14.4 Å². The quantitative estimate of drug-likeness (QED) is 0.593. The first-order chi connectivity index (χ1) is 8.73. The fourth-order valence-electron chi connectivity index (χ4n) is 1.71. The number of rotatable bonds is 8. The molecule has 1 unspecified atom stereocenters. The summed E-state index contributed by atoms with van der Waals surface area (Å²) in [6.45, 7) is 4.21. The Morgan fingerprint density at radius 3 is 2.32 bits per heavy atom. The normalized spacial score (nSPS) is 12.0. The number of carbonyl (C=O) groups is 3. The molecule has 3 amide bonds. The van der Waals surface area contributed by atoms with Gasteiger partial charge in [0.25, 0.3) is 0 Å². The first kappa shape index (κ1) is 17.2. The summed E-state index contributed by atoms with van der Waals surface area (Å²) in [6, 6.07) is -1.40. The molecule has 0 bridgehead atoms. The van der Waals surface area contributed by atoms with Gasteiger partial charge in [-0.2, -0.15) is 0 Å². The summed E-state index contributed by atoms with van der Waals surface area (Å²) in [5.74, 6) is -0.916. The second kappa shape index (κ2) is 8.34. The van der Waals surface area contributed by atoms with Crippen molar-refractivity contribution in [2.75, 3.05) is 13.6 Å². The highest BCUT2D eigenvalue weighted by atomic mass is 16.4. The van der Waals surface area contributed by atoms with Gasteiger partial charge < -0.3 is 21.1 Å². The highest BCUT2D eigenvalue weighted by molar-refractivity contribution is 5.86. The average molecular weight is 273 g/mol. The Morgan fingerprint density at radius 2 is 1.89 bits per heavy atom. The van der Waals surface area contributed by atoms with Gasteiger partial charge in [0.2, 0.25) is 5.91 Å². The van der Waals surface area contributed by atoms with Crippen molar-refractivity contribution in [3.05, 3.63) is 0 Å². The maximum Gasteiger partial charge on any atom is 0.312 e. The maximum absolute atomic E-state index is 12.1. The number of primary amides is 1. The molecule has 0 aliphatic heterocycles. The number of hydrogen-bond donors (Lipinski definition) is 3. The van der Waals surface area contributed by atoms with E-state index >= 15 is 0 Å². The van der Waals surface area contributed by atoms with Gasteiger partial charge >= 0.3 is 12.0 Å². The van der Waals surface area contributed by atoms with Crippen molar-refractivity contribution in [1.29, 1.82) is 0 Å². The van der Waals surface area contributed by atoms with Crippen LogP contribution in [-0.2, 0) is 9.59 Å². The Kier molecular flexibility index (Phi) is 7.55. The number of amides is 3. The molecule has 0 saturated carbocycles. The lowest BCUT2D eigenvalue weighted by atomic mass is 10.0. The number of hydrogen-bond acceptors (Lipinski definition) is 3. The van der Waals surface area contributed by atoms with Gasteiger partial charge in [0.05, 0.1) is 0 Å². The third-order valence-corrected chi connectivity index (χ3v) is 2.58. The molecule has 0 aliphatic rings. The van der Waals surface area contributed by atoms with Crippen molar-refractivity contribution in [3.8, 4) is 0 Å². The van der Waals surface area contributed by atoms with Gasteiger partial charge in [0.15, 0.2) is 0 Å². The van der Waals surface area contributed by atoms with Crippen LogP contribution in [0.15, 0.2) is 0 Å². The number of aliphatic carboxylic acids is 1. The van der Waals surface area contributed by atoms with E-state index in [-0.39, 0.29) is 18.2 Å². The summed E-state index contributed by atoms with van der Waals surface area (Å²) >= 11 is 0. The summed E-state index contributed by atoms with van der Waals surface area (Å²) in [5.41, 5.74) is 5.05. The molecule has 0 aromatic carbocycles. The van der Waals surface area contributed by atoms with E-state index in [0.29, 0.717) is 19.4 Å². The number of likely N-dealkylation sites (N-methyl/N-ethyl adjacent to an activating group) is 1. The van der Waals surface area contributed by atoms with E-state index in [0.717, 1.165) is 0 Å². The van der Waals surface area contributed by atoms with Crippen molar-refractivity contribution in [2.45, 2.75) is 39.2 Å². The van der Waals surface area contributed by atoms with Crippen molar-refractivity contribution in [2.24, 2.45) is 11.7 Å². The zero-order valence-corrected chi connectivity index (χ0v) is 11.7. The zero-order valence-electron chi connectivity index (χ0n) is 11.7. The van der Waals surface area contributed by atoms with Crippen LogP contribution in [0.5, 0.6) is 0 Å². The van der Waals surface area contributed by atoms with Crippen LogP contribution in [0.25, 0.3) is 0 Å². The number of carboxylic acid groups (broad SMARTS) is 1. The van der Waals surface area contributed by atoms with Crippen LogP contribution in [0.1, 0.15) is 33.1 Å². The fourth-order valence-corrected chi connectivity index (χ4v) is 1.71. The monoisotopic (exact) mass is 273 g/mol. The van der Waals surface area contributed by atoms with Gasteiger partial charge in [-0.25, -0.2) is 4.79 Å². The molecule has 7 heteroatoms. The lowest BCUT2D eigenvalue weighted by Gasteiger charge is -2.25. The van der Waals surface area contributed by atoms with Crippen molar-refractivity contribution >= 4 is 17.9 Å². The molecule has 0 aromatic heterocycles. The van der Waals surface area contributed by atoms with Crippen LogP contribution in [0, 0.1) is 5.92 Å². The van der Waals surface area contributed by atoms with Gasteiger partial charge in [-0.15, -0.1) is 0 Å². The van der Waals surface area contributed by atoms with Gasteiger partial charge in [-0.1, -0.05) is 13.8 Å². The predicted octanol–water partition coefficient (Wildman–Crippen LogP) is 0.393. The molecule has 4 N–H and O–H groups in total. The van der Waals surface area contributed by atoms with Crippen LogP contribution >= 0.6 is 0 Å². The van der Waals surface area contributed by atoms with Crippen LogP contribution in [-0.4, -0.2) is 47.5 Å². The fraction of sp³-hybridized carbons (Fsp3) is 0.750. The molecule has 110 valence electrons. The van der Waals surface area contributed by atoms with Crippen LogP contribution in [0.2, 0.25) is 0 Å². The van der Waals surface area contributed by atoms with Gasteiger partial charge in [0.1, 0.15) is 6.04 Å². The number of carboxylic acids is 1. The minimum absolute atomic E-state index is 0.00964. The third kappa shape index (κ3) is 8.01. The first-order valence-corrected chi connectivity index (χ1v) is 6.26. The number of urea groups is 1. The maximum atomic E-state index is 12.1. The Balaban J connectivity index is 4.42. The molecule has 0 spiro atoms. The standard InChI is InChI=1S/C12H23N3O4/c1-8(2)7-9(14-12(13)19)11(18)15(3)6-4-5-10(16)17/h8-9H,4-7H2,1-3H3,(H,16,17)(H3,13,14,19). The third-order valence-electron chi connectivity index (χ3n) is 2.58. The van der Waals surface area contributed by atoms with E-state index in [1.807, 2.05) is 13.8 Å². The molecule has 0 aromatic rings. The van der Waals surface area contributed by atoms with Crippen molar-refractivity contribution < 1.29 is 19.5 Å². The molecule has 0 saturated heterocycles. The van der Waals surface area contributed by atoms with Crippen molar-refractivity contribution in [3.63, 3.8) is 0 Å². The Hall–Kier alpha value is -1.79. The molecule has 0 rings (SSSR count). The second-order valence-electron chi connectivity index (χ2n) is 4.95. The number of nitrogens with two attached hydrogens (primary N) is 1. The van der Waals surface area contributed by atoms with Gasteiger partial charge in [-0.05, 0) is 18.8 Å². The summed E-state index contributed by atoms with van der Waals surface area (Å²) in [6.07, 6.45) is 0.878. The smallest absolute Gasteiger partial charge is 0.312 e. The lowest BCUT2D eigenvalue weighted by molar-refractivity contribution is -0.138. The summed E-state index contributed by atoms with van der Waals surface area (Å²) in [5, 5.41) is 11.0. The zero-order chi connectivity index (χ0) is 15.0. The first-order valence-electron chi connectivity index (χ1n) is 6.26. The van der Waals surface area contributed by atoms with Gasteiger partial charge in [0, 0.05) is 20.0 Å². The van der Waals surface area contributed by atoms with E-state index < -0.39 is 18.0 Å². The largest absolute Gasteiger partial charge is 0.481 e. The number of nitrogens with one attached hydrogen (secondary N) is 1. The average Bonchev–Trinajstić information content (AvgIpc) is 2.25. The number of carbonyl (C=O) groups excluding carboxylic acids is 2. The summed E-state index contributed by atoms with van der Waals surface area (Å²) < 4.78 is 0. The molecular weight excluding hydrogens is 250 g/mol. The Bertz CT molecular complexity index is 331. The molecule has 0 radical (unpaired) electrons. The number of nitrogens with zero attached hydrogens (tertiary/aromatic N) is 1. The van der Waals surface area contributed by atoms with Crippen LogP contribution < -0.4 is 11.1 Å². The Morgan fingerprint density at radius 1 is 1.32 bits per heavy atom. The van der Waals surface area contributed by atoms with E-state index in [2.05, 4.69) is 5.32 Å². The second-order valence-corrected chi connectivity index (χ2v) is 4.95. The van der Waals surface area contributed by atoms with E-state index in [1.165, 1.54) is 4.90 Å². The van der Waals surface area contributed by atoms with E-state index in [4.69, 9.17) is 10.8 Å². The molecule has 19 heavy (non-hydrogen) atoms. The molecule has 0 aliphatic carbocycles. The van der Waals surface area contributed by atoms with Crippen LogP contribution in [0.4, 0.5) is 4.79 Å². The lowest BCUT2D eigenvalue weighted by Crippen LogP contribution is -2.49. The Labute approximate surface area is 113 Å². The minimum Gasteiger partial charge on any atom is -0.481 e. The predicted molar refractivity (Wildman–Crippen MR) is 70.5 cm³/mol. The molecular formula is C12H23N3O4. The highest BCUT2D eigenvalue weighted by Gasteiger charge is 2.23. The van der Waals surface area contributed by atoms with Crippen molar-refractivity contribution in [1.82, 2.24) is 10.2 Å². The molecule has 1 atom stereocenters. The van der Waals surface area contributed by atoms with Crippen LogP contribution in [0.3, 0.4) is 0 Å². The molecule has 7 nitrogen and oxygen atoms in total. The topological polar surface area (TPSA) is 113 Å². The molecule has 0 fully saturated rings. The molecule has 0 heterocycles. The SMILES string of the molecule is CC(C)CC(NC(N)=O)C(=O)N(C)CCCC(=O)O. The summed E-state index contributed by atoms with van der Waals surface area (Å²) in [4.78, 5) is 34.8.